The van der Waals surface area contributed by atoms with Gasteiger partial charge in [-0.05, 0) is 23.3 Å². The van der Waals surface area contributed by atoms with Crippen molar-refractivity contribution in [2.45, 2.75) is 0 Å². The molecule has 0 bridgehead atoms. The van der Waals surface area contributed by atoms with Crippen molar-refractivity contribution in [2.24, 2.45) is 0 Å². The van der Waals surface area contributed by atoms with E-state index >= 15 is 0 Å². The number of fused-ring (bicyclic) bond motifs is 1. The Morgan fingerprint density at radius 3 is 2.58 bits per heavy atom. The molecule has 94 valence electrons. The first kappa shape index (κ1) is 11.5. The predicted molar refractivity (Wildman–Crippen MR) is 72.4 cm³/mol. The number of carboxylic acids is 1. The van der Waals surface area contributed by atoms with Crippen LogP contribution in [0.1, 0.15) is 21.5 Å². The van der Waals surface area contributed by atoms with Crippen molar-refractivity contribution in [3.8, 4) is 5.75 Å². The van der Waals surface area contributed by atoms with Crippen LogP contribution < -0.4 is 4.74 Å². The summed E-state index contributed by atoms with van der Waals surface area (Å²) in [5.74, 6) is -0.512. The van der Waals surface area contributed by atoms with E-state index in [-0.39, 0.29) is 5.56 Å². The average Bonchev–Trinajstić information content (AvgIpc) is 2.46. The number of rotatable bonds is 2. The third-order valence-electron chi connectivity index (χ3n) is 3.14. The minimum absolute atomic E-state index is 0.207. The zero-order chi connectivity index (χ0) is 13.2. The van der Waals surface area contributed by atoms with Gasteiger partial charge in [-0.1, -0.05) is 42.5 Å². The van der Waals surface area contributed by atoms with Crippen molar-refractivity contribution in [1.29, 1.82) is 0 Å². The largest absolute Gasteiger partial charge is 0.488 e. The van der Waals surface area contributed by atoms with Crippen molar-refractivity contribution in [3.63, 3.8) is 0 Å². The topological polar surface area (TPSA) is 46.5 Å². The molecule has 2 aromatic rings. The fourth-order valence-corrected chi connectivity index (χ4v) is 2.28. The van der Waals surface area contributed by atoms with Crippen molar-refractivity contribution >= 4 is 11.5 Å². The molecule has 0 aromatic heterocycles. The second-order valence-electron chi connectivity index (χ2n) is 4.28. The number of ether oxygens (including phenoxy) is 1. The summed E-state index contributed by atoms with van der Waals surface area (Å²) in [6.07, 6.45) is 1.98. The molecule has 3 rings (SSSR count). The Kier molecular flexibility index (Phi) is 2.80. The second kappa shape index (κ2) is 4.61. The summed E-state index contributed by atoms with van der Waals surface area (Å²) in [4.78, 5) is 11.2. The summed E-state index contributed by atoms with van der Waals surface area (Å²) < 4.78 is 5.51. The van der Waals surface area contributed by atoms with Crippen LogP contribution >= 0.6 is 0 Å². The predicted octanol–water partition coefficient (Wildman–Crippen LogP) is 3.21. The maximum absolute atomic E-state index is 11.2. The van der Waals surface area contributed by atoms with Gasteiger partial charge in [0.15, 0.2) is 0 Å². The summed E-state index contributed by atoms with van der Waals surface area (Å²) in [7, 11) is 0. The lowest BCUT2D eigenvalue weighted by molar-refractivity contribution is 0.0692. The molecule has 1 aliphatic heterocycles. The van der Waals surface area contributed by atoms with Crippen molar-refractivity contribution in [3.05, 3.63) is 71.3 Å². The van der Waals surface area contributed by atoms with E-state index in [1.165, 1.54) is 0 Å². The maximum atomic E-state index is 11.2. The van der Waals surface area contributed by atoms with Crippen LogP contribution in [0.3, 0.4) is 0 Å². The molecule has 0 aliphatic carbocycles. The first-order valence-electron chi connectivity index (χ1n) is 6.02. The standard InChI is InChI=1S/C16H12O3/c17-16(18)14-8-4-7-13-12(9-10-19-15(13)14)11-5-2-1-3-6-11/h1-9H,10H2,(H,17,18). The minimum atomic E-state index is -0.967. The maximum Gasteiger partial charge on any atom is 0.339 e. The fraction of sp³-hybridized carbons (Fsp3) is 0.0625. The minimum Gasteiger partial charge on any atom is -0.488 e. The number of benzene rings is 2. The molecule has 0 amide bonds. The molecular formula is C16H12O3. The summed E-state index contributed by atoms with van der Waals surface area (Å²) in [6.45, 7) is 0.390. The van der Waals surface area contributed by atoms with Gasteiger partial charge in [0.1, 0.15) is 17.9 Å². The summed E-state index contributed by atoms with van der Waals surface area (Å²) in [5.41, 5.74) is 3.12. The molecule has 1 heterocycles. The lowest BCUT2D eigenvalue weighted by Crippen LogP contribution is -2.10. The van der Waals surface area contributed by atoms with Crippen LogP contribution in [0.15, 0.2) is 54.6 Å². The van der Waals surface area contributed by atoms with Crippen molar-refractivity contribution < 1.29 is 14.6 Å². The normalized spacial score (nSPS) is 13.2. The molecular weight excluding hydrogens is 240 g/mol. The smallest absolute Gasteiger partial charge is 0.339 e. The quantitative estimate of drug-likeness (QED) is 0.892. The fourth-order valence-electron chi connectivity index (χ4n) is 2.28. The van der Waals surface area contributed by atoms with Gasteiger partial charge in [-0.15, -0.1) is 0 Å². The average molecular weight is 252 g/mol. The summed E-state index contributed by atoms with van der Waals surface area (Å²) in [6, 6.07) is 15.1. The van der Waals surface area contributed by atoms with Gasteiger partial charge in [0.05, 0.1) is 0 Å². The first-order chi connectivity index (χ1) is 9.27. The molecule has 0 atom stereocenters. The Labute approximate surface area is 110 Å². The van der Waals surface area contributed by atoms with E-state index in [1.54, 1.807) is 12.1 Å². The van der Waals surface area contributed by atoms with Gasteiger partial charge in [0.25, 0.3) is 0 Å². The zero-order valence-electron chi connectivity index (χ0n) is 10.2. The van der Waals surface area contributed by atoms with Crippen LogP contribution in [0.25, 0.3) is 5.57 Å². The van der Waals surface area contributed by atoms with Crippen LogP contribution in [0.2, 0.25) is 0 Å². The van der Waals surface area contributed by atoms with E-state index < -0.39 is 5.97 Å². The van der Waals surface area contributed by atoms with E-state index in [9.17, 15) is 9.90 Å². The molecule has 1 aliphatic rings. The number of hydrogen-bond acceptors (Lipinski definition) is 2. The van der Waals surface area contributed by atoms with Gasteiger partial charge < -0.3 is 9.84 Å². The van der Waals surface area contributed by atoms with E-state index in [4.69, 9.17) is 4.74 Å². The van der Waals surface area contributed by atoms with Crippen LogP contribution in [0, 0.1) is 0 Å². The van der Waals surface area contributed by atoms with Crippen molar-refractivity contribution in [1.82, 2.24) is 0 Å². The number of carboxylic acid groups (broad SMARTS) is 1. The van der Waals surface area contributed by atoms with E-state index in [0.29, 0.717) is 12.4 Å². The number of aromatic carboxylic acids is 1. The molecule has 19 heavy (non-hydrogen) atoms. The molecule has 3 heteroatoms. The number of para-hydroxylation sites is 1. The molecule has 0 fully saturated rings. The van der Waals surface area contributed by atoms with Crippen LogP contribution in [0.5, 0.6) is 5.75 Å². The van der Waals surface area contributed by atoms with Crippen molar-refractivity contribution in [2.75, 3.05) is 6.61 Å². The van der Waals surface area contributed by atoms with Crippen LogP contribution in [-0.2, 0) is 0 Å². The summed E-state index contributed by atoms with van der Waals surface area (Å²) >= 11 is 0. The van der Waals surface area contributed by atoms with Gasteiger partial charge in [0, 0.05) is 5.56 Å². The third-order valence-corrected chi connectivity index (χ3v) is 3.14. The Morgan fingerprint density at radius 2 is 1.84 bits per heavy atom. The highest BCUT2D eigenvalue weighted by molar-refractivity contribution is 5.95. The Morgan fingerprint density at radius 1 is 1.05 bits per heavy atom. The Hall–Kier alpha value is -2.55. The Balaban J connectivity index is 2.16. The highest BCUT2D eigenvalue weighted by Gasteiger charge is 2.21. The molecule has 1 N–H and O–H groups in total. The lowest BCUT2D eigenvalue weighted by atomic mass is 9.94. The third kappa shape index (κ3) is 1.99. The molecule has 0 saturated carbocycles. The van der Waals surface area contributed by atoms with Gasteiger partial charge in [-0.25, -0.2) is 4.79 Å². The SMILES string of the molecule is O=C(O)c1cccc2c1OCC=C2c1ccccc1. The first-order valence-corrected chi connectivity index (χ1v) is 6.02. The molecule has 0 radical (unpaired) electrons. The number of hydrogen-bond donors (Lipinski definition) is 1. The van der Waals surface area contributed by atoms with Gasteiger partial charge in [0.2, 0.25) is 0 Å². The number of carbonyl (C=O) groups is 1. The van der Waals surface area contributed by atoms with E-state index in [0.717, 1.165) is 16.7 Å². The molecule has 0 spiro atoms. The molecule has 3 nitrogen and oxygen atoms in total. The highest BCUT2D eigenvalue weighted by Crippen LogP contribution is 2.36. The molecule has 0 unspecified atom stereocenters. The van der Waals surface area contributed by atoms with Gasteiger partial charge in [-0.3, -0.25) is 0 Å². The lowest BCUT2D eigenvalue weighted by Gasteiger charge is -2.20. The van der Waals surface area contributed by atoms with E-state index in [1.807, 2.05) is 42.5 Å². The van der Waals surface area contributed by atoms with Crippen LogP contribution in [0.4, 0.5) is 0 Å². The van der Waals surface area contributed by atoms with Gasteiger partial charge in [-0.2, -0.15) is 0 Å². The Bertz CT molecular complexity index is 657. The summed E-state index contributed by atoms with van der Waals surface area (Å²) in [5, 5.41) is 9.20. The van der Waals surface area contributed by atoms with E-state index in [2.05, 4.69) is 0 Å². The van der Waals surface area contributed by atoms with Gasteiger partial charge >= 0.3 is 5.97 Å². The van der Waals surface area contributed by atoms with Crippen LogP contribution in [-0.4, -0.2) is 17.7 Å². The molecule has 0 saturated heterocycles. The zero-order valence-corrected chi connectivity index (χ0v) is 10.2. The molecule has 2 aromatic carbocycles. The highest BCUT2D eigenvalue weighted by atomic mass is 16.5. The monoisotopic (exact) mass is 252 g/mol. The second-order valence-corrected chi connectivity index (χ2v) is 4.28.